The van der Waals surface area contributed by atoms with Crippen LogP contribution in [0.1, 0.15) is 48.1 Å². The highest BCUT2D eigenvalue weighted by atomic mass is 32.2. The van der Waals surface area contributed by atoms with Gasteiger partial charge in [0.1, 0.15) is 5.75 Å². The molecule has 0 saturated carbocycles. The van der Waals surface area contributed by atoms with Gasteiger partial charge in [-0.15, -0.1) is 0 Å². The van der Waals surface area contributed by atoms with Gasteiger partial charge in [0.2, 0.25) is 0 Å². The molecule has 1 atom stereocenters. The highest BCUT2D eigenvalue weighted by molar-refractivity contribution is 7.90. The molecule has 0 bridgehead atoms. The molecule has 3 rings (SSSR count). The summed E-state index contributed by atoms with van der Waals surface area (Å²) in [5.41, 5.74) is 1.04. The molecule has 0 aliphatic carbocycles. The van der Waals surface area contributed by atoms with Gasteiger partial charge in [-0.25, -0.2) is 8.42 Å². The van der Waals surface area contributed by atoms with Crippen LogP contribution in [0.15, 0.2) is 53.4 Å². The highest BCUT2D eigenvalue weighted by Gasteiger charge is 2.21. The first-order chi connectivity index (χ1) is 14.8. The first-order valence-electron chi connectivity index (χ1n) is 10.4. The molecule has 7 nitrogen and oxygen atoms in total. The van der Waals surface area contributed by atoms with Crippen LogP contribution in [-0.2, 0) is 14.6 Å². The summed E-state index contributed by atoms with van der Waals surface area (Å²) in [6, 6.07) is 12.9. The molecule has 1 heterocycles. The van der Waals surface area contributed by atoms with E-state index in [1.165, 1.54) is 12.1 Å². The fourth-order valence-electron chi connectivity index (χ4n) is 3.61. The van der Waals surface area contributed by atoms with Gasteiger partial charge in [0.25, 0.3) is 11.8 Å². The van der Waals surface area contributed by atoms with E-state index in [1.54, 1.807) is 23.1 Å². The number of benzene rings is 2. The van der Waals surface area contributed by atoms with Gasteiger partial charge in [0, 0.05) is 30.5 Å². The van der Waals surface area contributed by atoms with Crippen molar-refractivity contribution in [3.8, 4) is 5.75 Å². The molecule has 1 saturated heterocycles. The third-order valence-corrected chi connectivity index (χ3v) is 6.45. The molecular formula is C23H28N2O5S. The smallest absolute Gasteiger partial charge is 0.260 e. The Hall–Kier alpha value is -2.87. The Morgan fingerprint density at radius 3 is 2.48 bits per heavy atom. The summed E-state index contributed by atoms with van der Waals surface area (Å²) >= 11 is 0. The minimum Gasteiger partial charge on any atom is -0.483 e. The predicted octanol–water partition coefficient (Wildman–Crippen LogP) is 2.97. The number of hydrogen-bond acceptors (Lipinski definition) is 5. The normalized spacial score (nSPS) is 14.8. The zero-order chi connectivity index (χ0) is 22.4. The summed E-state index contributed by atoms with van der Waals surface area (Å²) in [5, 5.41) is 2.95. The largest absolute Gasteiger partial charge is 0.483 e. The third-order valence-electron chi connectivity index (χ3n) is 5.34. The van der Waals surface area contributed by atoms with Gasteiger partial charge in [0.05, 0.1) is 10.9 Å². The lowest BCUT2D eigenvalue weighted by Gasteiger charge is -2.22. The van der Waals surface area contributed by atoms with Gasteiger partial charge in [-0.05, 0) is 43.5 Å². The standard InChI is InChI=1S/C23H28N2O5S/c1-3-20(24-23(27)17-9-8-10-18(15-17)31(2,28)29)19-11-4-5-12-21(19)30-16-22(26)25-13-6-7-14-25/h4-5,8-12,15,20H,3,6-7,13-14,16H2,1-2H3,(H,24,27). The maximum absolute atomic E-state index is 12.8. The van der Waals surface area contributed by atoms with Gasteiger partial charge in [-0.2, -0.15) is 0 Å². The van der Waals surface area contributed by atoms with Gasteiger partial charge in [-0.3, -0.25) is 9.59 Å². The summed E-state index contributed by atoms with van der Waals surface area (Å²) in [6.07, 6.45) is 3.74. The van der Waals surface area contributed by atoms with Crippen LogP contribution >= 0.6 is 0 Å². The summed E-state index contributed by atoms with van der Waals surface area (Å²) < 4.78 is 29.4. The minimum absolute atomic E-state index is 0.0398. The average Bonchev–Trinajstić information content (AvgIpc) is 3.30. The molecule has 8 heteroatoms. The Balaban J connectivity index is 1.73. The number of ether oxygens (including phenoxy) is 1. The van der Waals surface area contributed by atoms with E-state index in [-0.39, 0.29) is 34.9 Å². The SMILES string of the molecule is CCC(NC(=O)c1cccc(S(C)(=O)=O)c1)c1ccccc1OCC(=O)N1CCCC1. The summed E-state index contributed by atoms with van der Waals surface area (Å²) in [5.74, 6) is 0.134. The predicted molar refractivity (Wildman–Crippen MR) is 118 cm³/mol. The average molecular weight is 445 g/mol. The van der Waals surface area contributed by atoms with Gasteiger partial charge >= 0.3 is 0 Å². The van der Waals surface area contributed by atoms with Crippen LogP contribution in [0.25, 0.3) is 0 Å². The molecule has 2 amide bonds. The fraction of sp³-hybridized carbons (Fsp3) is 0.391. The van der Waals surface area contributed by atoms with Crippen molar-refractivity contribution in [3.05, 3.63) is 59.7 Å². The van der Waals surface area contributed by atoms with Crippen LogP contribution in [0.5, 0.6) is 5.75 Å². The van der Waals surface area contributed by atoms with E-state index in [4.69, 9.17) is 4.74 Å². The molecular weight excluding hydrogens is 416 g/mol. The van der Waals surface area contributed by atoms with E-state index in [9.17, 15) is 18.0 Å². The van der Waals surface area contributed by atoms with Crippen molar-refractivity contribution in [2.24, 2.45) is 0 Å². The van der Waals surface area contributed by atoms with E-state index in [0.717, 1.165) is 37.8 Å². The first kappa shape index (κ1) is 22.8. The molecule has 0 spiro atoms. The molecule has 2 aromatic rings. The topological polar surface area (TPSA) is 92.8 Å². The van der Waals surface area contributed by atoms with E-state index in [1.807, 2.05) is 25.1 Å². The Kier molecular flexibility index (Phi) is 7.33. The Bertz CT molecular complexity index is 1050. The highest BCUT2D eigenvalue weighted by Crippen LogP contribution is 2.28. The van der Waals surface area contributed by atoms with Crippen molar-refractivity contribution in [3.63, 3.8) is 0 Å². The molecule has 1 aliphatic heterocycles. The van der Waals surface area contributed by atoms with E-state index >= 15 is 0 Å². The minimum atomic E-state index is -3.41. The number of rotatable bonds is 8. The zero-order valence-electron chi connectivity index (χ0n) is 17.8. The lowest BCUT2D eigenvalue weighted by molar-refractivity contribution is -0.132. The Labute approximate surface area is 183 Å². The number of carbonyl (C=O) groups excluding carboxylic acids is 2. The number of nitrogens with zero attached hydrogens (tertiary/aromatic N) is 1. The Morgan fingerprint density at radius 1 is 1.10 bits per heavy atom. The maximum Gasteiger partial charge on any atom is 0.260 e. The summed E-state index contributed by atoms with van der Waals surface area (Å²) in [7, 11) is -3.41. The van der Waals surface area contributed by atoms with Crippen LogP contribution in [0.2, 0.25) is 0 Å². The lowest BCUT2D eigenvalue weighted by atomic mass is 10.0. The van der Waals surface area contributed by atoms with Crippen LogP contribution in [0.3, 0.4) is 0 Å². The second-order valence-electron chi connectivity index (χ2n) is 7.65. The number of hydrogen-bond donors (Lipinski definition) is 1. The molecule has 0 radical (unpaired) electrons. The van der Waals surface area contributed by atoms with Crippen LogP contribution in [0, 0.1) is 0 Å². The molecule has 1 aliphatic rings. The number of likely N-dealkylation sites (tertiary alicyclic amines) is 1. The molecule has 1 fully saturated rings. The van der Waals surface area contributed by atoms with Gasteiger partial charge < -0.3 is 15.0 Å². The molecule has 166 valence electrons. The van der Waals surface area contributed by atoms with E-state index in [0.29, 0.717) is 12.2 Å². The summed E-state index contributed by atoms with van der Waals surface area (Å²) in [6.45, 7) is 3.43. The second-order valence-corrected chi connectivity index (χ2v) is 9.66. The second kappa shape index (κ2) is 9.96. The number of sulfone groups is 1. The zero-order valence-corrected chi connectivity index (χ0v) is 18.7. The Morgan fingerprint density at radius 2 is 1.81 bits per heavy atom. The summed E-state index contributed by atoms with van der Waals surface area (Å²) in [4.78, 5) is 27.0. The molecule has 1 N–H and O–H groups in total. The van der Waals surface area contributed by atoms with Crippen LogP contribution in [-0.4, -0.2) is 51.1 Å². The maximum atomic E-state index is 12.8. The molecule has 2 aromatic carbocycles. The monoisotopic (exact) mass is 444 g/mol. The van der Waals surface area contributed by atoms with Crippen molar-refractivity contribution in [2.75, 3.05) is 26.0 Å². The van der Waals surface area contributed by atoms with E-state index in [2.05, 4.69) is 5.32 Å². The van der Waals surface area contributed by atoms with Crippen LogP contribution in [0.4, 0.5) is 0 Å². The number of nitrogens with one attached hydrogen (secondary N) is 1. The quantitative estimate of drug-likeness (QED) is 0.676. The van der Waals surface area contributed by atoms with Gasteiger partial charge in [-0.1, -0.05) is 31.2 Å². The number of para-hydroxylation sites is 1. The van der Waals surface area contributed by atoms with Crippen molar-refractivity contribution in [1.82, 2.24) is 10.2 Å². The molecule has 1 unspecified atom stereocenters. The van der Waals surface area contributed by atoms with E-state index < -0.39 is 9.84 Å². The third kappa shape index (κ3) is 5.85. The number of carbonyl (C=O) groups is 2. The van der Waals surface area contributed by atoms with Crippen molar-refractivity contribution >= 4 is 21.7 Å². The number of amides is 2. The van der Waals surface area contributed by atoms with Crippen molar-refractivity contribution < 1.29 is 22.7 Å². The molecule has 31 heavy (non-hydrogen) atoms. The van der Waals surface area contributed by atoms with Crippen molar-refractivity contribution in [2.45, 2.75) is 37.1 Å². The van der Waals surface area contributed by atoms with Crippen LogP contribution < -0.4 is 10.1 Å². The fourth-order valence-corrected chi connectivity index (χ4v) is 4.27. The van der Waals surface area contributed by atoms with Crippen molar-refractivity contribution in [1.29, 1.82) is 0 Å². The van der Waals surface area contributed by atoms with Gasteiger partial charge in [0.15, 0.2) is 16.4 Å². The first-order valence-corrected chi connectivity index (χ1v) is 12.3. The molecule has 0 aromatic heterocycles. The lowest BCUT2D eigenvalue weighted by Crippen LogP contribution is -2.32.